The molecule has 11 nitrogen and oxygen atoms in total. The fraction of sp³-hybridized carbons (Fsp3) is 0.240. The number of fused-ring (bicyclic) bond motifs is 6. The van der Waals surface area contributed by atoms with Gasteiger partial charge in [0.2, 0.25) is 23.6 Å². The SMILES string of the molecule is Cc1c(-c2cc(N3C(=O)[C@@H]4C[C@@H]5C(=CC[C@@H]6C(=O)N(c7ccc(C(=O)c8ccccc8)cc7)C(=O)[C@@H]65)[C@H](C5=COc6ccc(O)cc6C5)[C@]4(C)C3=O)n(C)n2)sc2ccc(Cl)cc12. The minimum Gasteiger partial charge on any atom is -0.508 e. The topological polar surface area (TPSA) is 139 Å². The Morgan fingerprint density at radius 1 is 0.889 bits per heavy atom. The molecule has 5 aliphatic rings. The molecule has 3 fully saturated rings. The van der Waals surface area contributed by atoms with E-state index in [1.807, 2.05) is 44.2 Å². The second kappa shape index (κ2) is 14.2. The van der Waals surface area contributed by atoms with Gasteiger partial charge in [0.05, 0.1) is 40.0 Å². The third-order valence-electron chi connectivity index (χ3n) is 14.1. The molecule has 4 aromatic carbocycles. The molecule has 0 unspecified atom stereocenters. The number of nitrogens with zero attached hydrogens (tertiary/aromatic N) is 4. The van der Waals surface area contributed by atoms with E-state index < -0.39 is 40.9 Å². The third-order valence-corrected chi connectivity index (χ3v) is 15.6. The van der Waals surface area contributed by atoms with Gasteiger partial charge in [-0.3, -0.25) is 33.6 Å². The van der Waals surface area contributed by atoms with Crippen LogP contribution in [0.25, 0.3) is 20.7 Å². The van der Waals surface area contributed by atoms with E-state index >= 15 is 9.59 Å². The number of amides is 4. The first-order chi connectivity index (χ1) is 30.3. The zero-order chi connectivity index (χ0) is 43.6. The molecule has 6 atom stereocenters. The van der Waals surface area contributed by atoms with Crippen molar-refractivity contribution in [3.63, 3.8) is 0 Å². The Morgan fingerprint density at radius 3 is 2.43 bits per heavy atom. The molecular formula is C50H39ClN4O7S. The second-order valence-corrected chi connectivity index (χ2v) is 18.9. The van der Waals surface area contributed by atoms with Crippen LogP contribution < -0.4 is 14.5 Å². The molecule has 0 spiro atoms. The normalized spacial score (nSPS) is 25.0. The average molecular weight is 875 g/mol. The maximum atomic E-state index is 15.4. The monoisotopic (exact) mass is 874 g/mol. The highest BCUT2D eigenvalue weighted by Gasteiger charge is 2.68. The van der Waals surface area contributed by atoms with Crippen LogP contribution in [-0.4, -0.2) is 44.3 Å². The minimum atomic E-state index is -1.31. The first-order valence-electron chi connectivity index (χ1n) is 20.9. The summed E-state index contributed by atoms with van der Waals surface area (Å²) in [4.78, 5) is 76.2. The van der Waals surface area contributed by atoms with Gasteiger partial charge in [0, 0.05) is 51.9 Å². The van der Waals surface area contributed by atoms with Gasteiger partial charge in [0.25, 0.3) is 0 Å². The van der Waals surface area contributed by atoms with Gasteiger partial charge in [-0.25, -0.2) is 4.90 Å². The summed E-state index contributed by atoms with van der Waals surface area (Å²) >= 11 is 7.91. The number of thiophene rings is 1. The number of imide groups is 2. The summed E-state index contributed by atoms with van der Waals surface area (Å²) in [5, 5.41) is 16.9. The van der Waals surface area contributed by atoms with Crippen molar-refractivity contribution in [2.75, 3.05) is 9.80 Å². The molecule has 314 valence electrons. The highest BCUT2D eigenvalue weighted by atomic mass is 35.5. The molecular weight excluding hydrogens is 836 g/mol. The molecule has 2 aromatic heterocycles. The molecule has 2 aliphatic carbocycles. The van der Waals surface area contributed by atoms with Crippen LogP contribution in [0.3, 0.4) is 0 Å². The van der Waals surface area contributed by atoms with Crippen LogP contribution in [-0.2, 0) is 32.6 Å². The van der Waals surface area contributed by atoms with E-state index in [0.717, 1.165) is 37.2 Å². The number of hydrogen-bond donors (Lipinski definition) is 1. The summed E-state index contributed by atoms with van der Waals surface area (Å²) in [6.45, 7) is 3.85. The van der Waals surface area contributed by atoms with Crippen LogP contribution in [0.1, 0.15) is 46.8 Å². The van der Waals surface area contributed by atoms with Gasteiger partial charge in [0.15, 0.2) is 5.78 Å². The molecule has 13 heteroatoms. The molecule has 0 radical (unpaired) electrons. The van der Waals surface area contributed by atoms with Crippen molar-refractivity contribution < 1.29 is 33.8 Å². The van der Waals surface area contributed by atoms with E-state index in [1.54, 1.807) is 102 Å². The van der Waals surface area contributed by atoms with Gasteiger partial charge in [-0.05, 0) is 110 Å². The molecule has 1 N–H and O–H groups in total. The average Bonchev–Trinajstić information content (AvgIpc) is 3.96. The van der Waals surface area contributed by atoms with Crippen molar-refractivity contribution in [1.29, 1.82) is 0 Å². The van der Waals surface area contributed by atoms with Gasteiger partial charge in [-0.2, -0.15) is 5.10 Å². The number of rotatable bonds is 6. The van der Waals surface area contributed by atoms with E-state index in [9.17, 15) is 19.5 Å². The number of carbonyl (C=O) groups is 5. The van der Waals surface area contributed by atoms with E-state index in [2.05, 4.69) is 0 Å². The van der Waals surface area contributed by atoms with Crippen molar-refractivity contribution in [3.8, 4) is 22.1 Å². The van der Waals surface area contributed by atoms with Crippen LogP contribution >= 0.6 is 22.9 Å². The van der Waals surface area contributed by atoms with E-state index in [1.165, 1.54) is 9.80 Å². The molecule has 11 rings (SSSR count). The Bertz CT molecular complexity index is 3080. The quantitative estimate of drug-likeness (QED) is 0.0995. The third kappa shape index (κ3) is 5.77. The Balaban J connectivity index is 0.974. The number of phenolic OH excluding ortho intramolecular Hbond substituents is 1. The first kappa shape index (κ1) is 39.2. The number of hydrogen-bond acceptors (Lipinski definition) is 9. The number of halogens is 1. The summed E-state index contributed by atoms with van der Waals surface area (Å²) in [5.41, 5.74) is 3.90. The van der Waals surface area contributed by atoms with E-state index in [-0.39, 0.29) is 42.1 Å². The predicted octanol–water partition coefficient (Wildman–Crippen LogP) is 8.99. The van der Waals surface area contributed by atoms with Crippen molar-refractivity contribution in [1.82, 2.24) is 9.78 Å². The van der Waals surface area contributed by atoms with Crippen molar-refractivity contribution in [2.45, 2.75) is 33.1 Å². The number of carbonyl (C=O) groups excluding carboxylic acids is 5. The smallest absolute Gasteiger partial charge is 0.242 e. The van der Waals surface area contributed by atoms with Crippen molar-refractivity contribution >= 4 is 73.9 Å². The molecule has 63 heavy (non-hydrogen) atoms. The fourth-order valence-electron chi connectivity index (χ4n) is 11.1. The maximum absolute atomic E-state index is 15.4. The number of anilines is 2. The lowest BCUT2D eigenvalue weighted by molar-refractivity contribution is -0.132. The number of aromatic hydroxyl groups is 1. The van der Waals surface area contributed by atoms with Crippen molar-refractivity contribution in [2.24, 2.45) is 42.1 Å². The molecule has 0 bridgehead atoms. The number of allylic oxidation sites excluding steroid dienone is 3. The van der Waals surface area contributed by atoms with Crippen LogP contribution in [0.15, 0.2) is 121 Å². The Morgan fingerprint density at radius 2 is 1.65 bits per heavy atom. The van der Waals surface area contributed by atoms with Crippen LogP contribution in [0.5, 0.6) is 11.5 Å². The Hall–Kier alpha value is -6.63. The molecule has 5 heterocycles. The second-order valence-electron chi connectivity index (χ2n) is 17.4. The Kier molecular flexibility index (Phi) is 8.84. The number of aryl methyl sites for hydroxylation is 2. The largest absolute Gasteiger partial charge is 0.508 e. The van der Waals surface area contributed by atoms with Crippen molar-refractivity contribution in [3.05, 3.63) is 148 Å². The molecule has 6 aromatic rings. The van der Waals surface area contributed by atoms with Gasteiger partial charge in [-0.15, -0.1) is 11.3 Å². The Labute approximate surface area is 370 Å². The van der Waals surface area contributed by atoms with E-state index in [4.69, 9.17) is 21.4 Å². The van der Waals surface area contributed by atoms with Crippen LogP contribution in [0.2, 0.25) is 5.02 Å². The number of phenols is 1. The molecule has 2 saturated heterocycles. The summed E-state index contributed by atoms with van der Waals surface area (Å²) in [5.74, 6) is -4.27. The van der Waals surface area contributed by atoms with Crippen LogP contribution in [0, 0.1) is 41.9 Å². The number of benzene rings is 4. The van der Waals surface area contributed by atoms with E-state index in [0.29, 0.717) is 45.5 Å². The standard InChI is InChI=1S/C50H39ClN4O7S/c1-25-35-21-30(51)11-18-40(35)63-45(25)38-23-41(53(3)52-38)55-47(59)37-22-36-33(43(50(37,2)49(55)61)29-19-28-20-32(56)14-17-39(28)62-24-29)15-16-34-42(36)48(60)54(46(34)58)31-12-9-27(10-13-31)44(57)26-7-5-4-6-8-26/h4-15,17-18,20-21,23-24,34,36-37,42-43,56H,16,19,22H2,1-3H3/t34-,36+,37-,42-,43-,50+/m0/s1. The lowest BCUT2D eigenvalue weighted by Gasteiger charge is -2.49. The first-order valence-corrected chi connectivity index (χ1v) is 22.1. The van der Waals surface area contributed by atoms with Gasteiger partial charge in [0.1, 0.15) is 23.0 Å². The number of ether oxygens (including phenoxy) is 1. The van der Waals surface area contributed by atoms with Gasteiger partial charge in [-0.1, -0.05) is 53.6 Å². The van der Waals surface area contributed by atoms with Gasteiger partial charge >= 0.3 is 0 Å². The highest BCUT2D eigenvalue weighted by Crippen LogP contribution is 2.63. The summed E-state index contributed by atoms with van der Waals surface area (Å²) in [6, 6.07) is 27.8. The minimum absolute atomic E-state index is 0.0684. The maximum Gasteiger partial charge on any atom is 0.242 e. The summed E-state index contributed by atoms with van der Waals surface area (Å²) in [6.07, 6.45) is 4.42. The zero-order valence-corrected chi connectivity index (χ0v) is 35.9. The summed E-state index contributed by atoms with van der Waals surface area (Å²) < 4.78 is 8.78. The number of aromatic nitrogens is 2. The summed E-state index contributed by atoms with van der Waals surface area (Å²) in [7, 11) is 1.72. The van der Waals surface area contributed by atoms with Crippen LogP contribution in [0.4, 0.5) is 11.5 Å². The highest BCUT2D eigenvalue weighted by molar-refractivity contribution is 7.22. The molecule has 3 aliphatic heterocycles. The lowest BCUT2D eigenvalue weighted by Crippen LogP contribution is -2.51. The molecule has 1 saturated carbocycles. The number of ketones is 1. The predicted molar refractivity (Wildman–Crippen MR) is 238 cm³/mol. The van der Waals surface area contributed by atoms with Gasteiger partial charge < -0.3 is 9.84 Å². The zero-order valence-electron chi connectivity index (χ0n) is 34.4. The lowest BCUT2D eigenvalue weighted by atomic mass is 9.51. The fourth-order valence-corrected chi connectivity index (χ4v) is 12.4. The molecule has 4 amide bonds.